The van der Waals surface area contributed by atoms with Crippen LogP contribution in [0.3, 0.4) is 0 Å². The van der Waals surface area contributed by atoms with Gasteiger partial charge in [0.1, 0.15) is 11.0 Å². The van der Waals surface area contributed by atoms with Crippen molar-refractivity contribution >= 4 is 34.3 Å². The second-order valence-electron chi connectivity index (χ2n) is 4.76. The molecule has 2 heterocycles. The lowest BCUT2D eigenvalue weighted by atomic mass is 10.0. The van der Waals surface area contributed by atoms with Gasteiger partial charge in [0.2, 0.25) is 0 Å². The molecule has 23 heavy (non-hydrogen) atoms. The summed E-state index contributed by atoms with van der Waals surface area (Å²) in [6.45, 7) is 0. The number of nitrogens with zero attached hydrogens (tertiary/aromatic N) is 4. The molecule has 0 saturated carbocycles. The highest BCUT2D eigenvalue weighted by atomic mass is 35.5. The van der Waals surface area contributed by atoms with Crippen LogP contribution in [0.25, 0.3) is 22.0 Å². The van der Waals surface area contributed by atoms with E-state index in [0.717, 1.165) is 10.9 Å². The highest BCUT2D eigenvalue weighted by Crippen LogP contribution is 2.33. The maximum Gasteiger partial charge on any atom is 0.370 e. The fourth-order valence-corrected chi connectivity index (χ4v) is 2.68. The molecule has 0 atom stereocenters. The largest absolute Gasteiger partial charge is 0.384 e. The minimum atomic E-state index is -0.961. The number of aryl methyl sites for hydroxylation is 1. The number of fused-ring (bicyclic) bond motifs is 1. The second-order valence-corrected chi connectivity index (χ2v) is 5.11. The van der Waals surface area contributed by atoms with Crippen LogP contribution in [0.2, 0.25) is 5.15 Å². The van der Waals surface area contributed by atoms with Crippen molar-refractivity contribution in [2.24, 2.45) is 12.4 Å². The first-order chi connectivity index (χ1) is 11.0. The van der Waals surface area contributed by atoms with E-state index in [9.17, 15) is 9.70 Å². The molecule has 2 N–H and O–H groups in total. The summed E-state index contributed by atoms with van der Waals surface area (Å²) in [5.41, 5.74) is 7.44. The van der Waals surface area contributed by atoms with Crippen molar-refractivity contribution < 1.29 is 9.63 Å². The third-order valence-corrected chi connectivity index (χ3v) is 3.64. The summed E-state index contributed by atoms with van der Waals surface area (Å²) < 4.78 is 1.72. The van der Waals surface area contributed by atoms with Crippen molar-refractivity contribution in [1.82, 2.24) is 14.8 Å². The normalized spacial score (nSPS) is 10.7. The molecule has 116 valence electrons. The summed E-state index contributed by atoms with van der Waals surface area (Å²) in [7, 11) is 1.82. The highest BCUT2D eigenvalue weighted by molar-refractivity contribution is 6.33. The molecule has 0 aliphatic rings. The molecule has 0 saturated heterocycles. The van der Waals surface area contributed by atoms with Crippen LogP contribution in [0.5, 0.6) is 0 Å². The molecule has 0 amide bonds. The fraction of sp³-hybridized carbons (Fsp3) is 0.0714. The second kappa shape index (κ2) is 5.65. The molecule has 9 heteroatoms. The van der Waals surface area contributed by atoms with E-state index < -0.39 is 5.97 Å². The van der Waals surface area contributed by atoms with Gasteiger partial charge < -0.3 is 5.73 Å². The lowest BCUT2D eigenvalue weighted by Gasteiger charge is -2.10. The van der Waals surface area contributed by atoms with E-state index in [1.54, 1.807) is 23.0 Å². The van der Waals surface area contributed by atoms with E-state index in [-0.39, 0.29) is 16.5 Å². The Balaban J connectivity index is 2.23. The standard InChI is InChI=1S/C14H10ClN5O3/c1-20-10-3-2-7(4-8(10)6-17-20)12-9(14(21)23-19-22)5-11(16)18-13(12)15/h2-6H,1H3,(H2,16,18). The molecule has 3 rings (SSSR count). The van der Waals surface area contributed by atoms with Crippen molar-refractivity contribution in [3.63, 3.8) is 0 Å². The topological polar surface area (TPSA) is 112 Å². The van der Waals surface area contributed by atoms with E-state index in [1.165, 1.54) is 6.07 Å². The van der Waals surface area contributed by atoms with Crippen molar-refractivity contribution in [3.05, 3.63) is 46.1 Å². The number of halogens is 1. The first-order valence-electron chi connectivity index (χ1n) is 6.43. The molecule has 0 fully saturated rings. The number of benzene rings is 1. The van der Waals surface area contributed by atoms with Gasteiger partial charge in [0.15, 0.2) is 5.34 Å². The number of carbonyl (C=O) groups is 1. The smallest absolute Gasteiger partial charge is 0.370 e. The number of hydrogen-bond donors (Lipinski definition) is 1. The number of nitrogens with two attached hydrogens (primary N) is 1. The number of anilines is 1. The van der Waals surface area contributed by atoms with Gasteiger partial charge in [-0.1, -0.05) is 17.7 Å². The van der Waals surface area contributed by atoms with Crippen molar-refractivity contribution in [3.8, 4) is 11.1 Å². The molecule has 0 aliphatic heterocycles. The van der Waals surface area contributed by atoms with Gasteiger partial charge >= 0.3 is 5.97 Å². The van der Waals surface area contributed by atoms with Crippen LogP contribution in [-0.4, -0.2) is 20.7 Å². The van der Waals surface area contributed by atoms with Gasteiger partial charge in [-0.05, 0) is 23.8 Å². The number of carbonyl (C=O) groups excluding carboxylic acids is 1. The Kier molecular flexibility index (Phi) is 3.67. The maximum absolute atomic E-state index is 11.9. The number of hydrogen-bond acceptors (Lipinski definition) is 7. The third kappa shape index (κ3) is 2.59. The fourth-order valence-electron chi connectivity index (χ4n) is 2.37. The summed E-state index contributed by atoms with van der Waals surface area (Å²) in [5, 5.41) is 7.17. The van der Waals surface area contributed by atoms with Gasteiger partial charge in [0.25, 0.3) is 0 Å². The van der Waals surface area contributed by atoms with Crippen molar-refractivity contribution in [1.29, 1.82) is 0 Å². The zero-order valence-electron chi connectivity index (χ0n) is 11.9. The van der Waals surface area contributed by atoms with E-state index in [2.05, 4.69) is 20.3 Å². The monoisotopic (exact) mass is 331 g/mol. The zero-order valence-corrected chi connectivity index (χ0v) is 12.6. The predicted octanol–water partition coefficient (Wildman–Crippen LogP) is 2.71. The van der Waals surface area contributed by atoms with Gasteiger partial charge in [-0.3, -0.25) is 9.52 Å². The number of aromatic nitrogens is 3. The van der Waals surface area contributed by atoms with Crippen LogP contribution in [0.15, 0.2) is 35.8 Å². The van der Waals surface area contributed by atoms with Crippen LogP contribution < -0.4 is 5.73 Å². The van der Waals surface area contributed by atoms with Crippen molar-refractivity contribution in [2.45, 2.75) is 0 Å². The minimum Gasteiger partial charge on any atom is -0.384 e. The van der Waals surface area contributed by atoms with E-state index in [1.807, 2.05) is 13.1 Å². The zero-order chi connectivity index (χ0) is 16.6. The minimum absolute atomic E-state index is 0.00494. The van der Waals surface area contributed by atoms with Crippen LogP contribution in [0.1, 0.15) is 10.4 Å². The summed E-state index contributed by atoms with van der Waals surface area (Å²) in [6.07, 6.45) is 1.68. The van der Waals surface area contributed by atoms with Gasteiger partial charge in [0.05, 0.1) is 17.3 Å². The third-order valence-electron chi connectivity index (χ3n) is 3.37. The Morgan fingerprint density at radius 2 is 2.17 bits per heavy atom. The molecule has 1 aromatic carbocycles. The molecule has 8 nitrogen and oxygen atoms in total. The highest BCUT2D eigenvalue weighted by Gasteiger charge is 2.21. The van der Waals surface area contributed by atoms with Gasteiger partial charge in [-0.2, -0.15) is 5.10 Å². The Labute approximate surface area is 134 Å². The molecule has 0 unspecified atom stereocenters. The molecule has 0 aliphatic carbocycles. The van der Waals surface area contributed by atoms with Crippen LogP contribution in [0.4, 0.5) is 5.82 Å². The molecule has 2 aromatic heterocycles. The van der Waals surface area contributed by atoms with E-state index in [4.69, 9.17) is 17.3 Å². The average Bonchev–Trinajstić information content (AvgIpc) is 2.87. The Morgan fingerprint density at radius 3 is 2.91 bits per heavy atom. The lowest BCUT2D eigenvalue weighted by molar-refractivity contribution is 0.0509. The quantitative estimate of drug-likeness (QED) is 0.448. The lowest BCUT2D eigenvalue weighted by Crippen LogP contribution is -2.06. The Hall–Kier alpha value is -3.00. The van der Waals surface area contributed by atoms with Gasteiger partial charge in [-0.15, -0.1) is 4.91 Å². The molecule has 3 aromatic rings. The number of pyridine rings is 1. The van der Waals surface area contributed by atoms with E-state index in [0.29, 0.717) is 11.1 Å². The average molecular weight is 332 g/mol. The summed E-state index contributed by atoms with van der Waals surface area (Å²) >= 11 is 6.14. The van der Waals surface area contributed by atoms with Gasteiger partial charge in [-0.25, -0.2) is 9.78 Å². The first-order valence-corrected chi connectivity index (χ1v) is 6.81. The number of rotatable bonds is 3. The van der Waals surface area contributed by atoms with Crippen molar-refractivity contribution in [2.75, 3.05) is 5.73 Å². The summed E-state index contributed by atoms with van der Waals surface area (Å²) in [5.74, 6) is -0.934. The van der Waals surface area contributed by atoms with Crippen LogP contribution in [-0.2, 0) is 11.9 Å². The molecule has 0 radical (unpaired) electrons. The Bertz CT molecular complexity index is 938. The van der Waals surface area contributed by atoms with Gasteiger partial charge in [0, 0.05) is 18.0 Å². The Morgan fingerprint density at radius 1 is 1.39 bits per heavy atom. The predicted molar refractivity (Wildman–Crippen MR) is 84.6 cm³/mol. The molecular weight excluding hydrogens is 322 g/mol. The molecule has 0 bridgehead atoms. The van der Waals surface area contributed by atoms with Crippen LogP contribution in [0, 0.1) is 4.91 Å². The van der Waals surface area contributed by atoms with E-state index >= 15 is 0 Å². The maximum atomic E-state index is 11.9. The SMILES string of the molecule is Cn1ncc2cc(-c3c(C(=O)ON=O)cc(N)nc3Cl)ccc21. The van der Waals surface area contributed by atoms with Crippen LogP contribution >= 0.6 is 11.6 Å². The summed E-state index contributed by atoms with van der Waals surface area (Å²) in [6, 6.07) is 6.67. The number of nitrogen functional groups attached to an aromatic ring is 1. The first kappa shape index (κ1) is 14.9. The molecule has 0 spiro atoms. The molecular formula is C14H10ClN5O3. The summed E-state index contributed by atoms with van der Waals surface area (Å²) in [4.78, 5) is 30.2.